The van der Waals surface area contributed by atoms with Crippen LogP contribution >= 0.6 is 22.7 Å². The van der Waals surface area contributed by atoms with Crippen LogP contribution in [0.2, 0.25) is 0 Å². The lowest BCUT2D eigenvalue weighted by molar-refractivity contribution is 0.864. The van der Waals surface area contributed by atoms with Crippen molar-refractivity contribution in [3.63, 3.8) is 0 Å². The SMILES string of the molecule is C1=CCC(c2c(-c3ccc(N(c4ccc5c(c4)sc4ccccc45)c4ccc(-c5ccccc5)c5sc6ccccc6c45)cc3)ccc3ccccc23)C=C1. The number of nitrogens with zero attached hydrogens (tertiary/aromatic N) is 1. The van der Waals surface area contributed by atoms with Gasteiger partial charge < -0.3 is 4.90 Å². The van der Waals surface area contributed by atoms with E-state index in [0.717, 1.165) is 17.8 Å². The molecule has 2 heterocycles. The molecular weight excluding hydrogens is 703 g/mol. The molecule has 1 atom stereocenters. The Morgan fingerprint density at radius 3 is 1.96 bits per heavy atom. The fourth-order valence-corrected chi connectivity index (χ4v) is 11.1. The third-order valence-corrected chi connectivity index (χ3v) is 13.5. The summed E-state index contributed by atoms with van der Waals surface area (Å²) in [5.41, 5.74) is 9.92. The van der Waals surface area contributed by atoms with Gasteiger partial charge in [-0.2, -0.15) is 0 Å². The molecule has 0 saturated heterocycles. The molecule has 0 fully saturated rings. The third-order valence-electron chi connectivity index (χ3n) is 11.2. The normalized spacial score (nSPS) is 14.1. The first kappa shape index (κ1) is 32.2. The second-order valence-corrected chi connectivity index (χ2v) is 16.5. The van der Waals surface area contributed by atoms with Crippen molar-refractivity contribution in [3.8, 4) is 22.3 Å². The Morgan fingerprint density at radius 2 is 1.15 bits per heavy atom. The number of allylic oxidation sites excluding steroid dienone is 4. The first-order valence-electron chi connectivity index (χ1n) is 18.9. The number of hydrogen-bond donors (Lipinski definition) is 0. The van der Waals surface area contributed by atoms with Crippen LogP contribution in [0.5, 0.6) is 0 Å². The highest BCUT2D eigenvalue weighted by molar-refractivity contribution is 7.26. The van der Waals surface area contributed by atoms with E-state index >= 15 is 0 Å². The van der Waals surface area contributed by atoms with E-state index in [0.29, 0.717) is 5.92 Å². The Morgan fingerprint density at radius 1 is 0.473 bits per heavy atom. The fraction of sp³-hybridized carbons (Fsp3) is 0.0385. The van der Waals surface area contributed by atoms with Gasteiger partial charge >= 0.3 is 0 Å². The summed E-state index contributed by atoms with van der Waals surface area (Å²) >= 11 is 3.76. The molecule has 260 valence electrons. The standard InChI is InChI=1S/C52H35NS2/c1-3-13-34(14-4-1)42-31-32-46(51-45-20-10-12-22-48(45)55-52(42)51)53(39-28-30-44-43-19-9-11-21-47(43)54-49(44)33-39)38-26-23-36(24-27-38)41-29-25-35-15-7-8-18-40(35)50(41)37-16-5-2-6-17-37/h1-16,18-33,37H,17H2. The van der Waals surface area contributed by atoms with Gasteiger partial charge in [-0.25, -0.2) is 0 Å². The molecule has 1 unspecified atom stereocenters. The van der Waals surface area contributed by atoms with E-state index in [1.807, 2.05) is 22.7 Å². The highest BCUT2D eigenvalue weighted by atomic mass is 32.1. The molecular formula is C52H35NS2. The van der Waals surface area contributed by atoms with E-state index in [-0.39, 0.29) is 0 Å². The van der Waals surface area contributed by atoms with Crippen LogP contribution in [-0.2, 0) is 0 Å². The van der Waals surface area contributed by atoms with Gasteiger partial charge in [0.25, 0.3) is 0 Å². The molecule has 1 aliphatic rings. The van der Waals surface area contributed by atoms with E-state index in [1.165, 1.54) is 84.6 Å². The summed E-state index contributed by atoms with van der Waals surface area (Å²) in [5.74, 6) is 0.332. The van der Waals surface area contributed by atoms with Gasteiger partial charge in [-0.05, 0) is 87.5 Å². The van der Waals surface area contributed by atoms with Crippen LogP contribution in [0.4, 0.5) is 17.1 Å². The van der Waals surface area contributed by atoms with Crippen molar-refractivity contribution < 1.29 is 0 Å². The molecule has 0 aliphatic heterocycles. The molecule has 2 aromatic heterocycles. The summed E-state index contributed by atoms with van der Waals surface area (Å²) in [7, 11) is 0. The van der Waals surface area contributed by atoms with Crippen LogP contribution in [0, 0.1) is 0 Å². The maximum atomic E-state index is 2.49. The molecule has 0 bridgehead atoms. The van der Waals surface area contributed by atoms with Gasteiger partial charge in [0.15, 0.2) is 0 Å². The molecule has 1 nitrogen and oxygen atoms in total. The molecule has 0 amide bonds. The molecule has 3 heteroatoms. The number of fused-ring (bicyclic) bond motifs is 7. The maximum Gasteiger partial charge on any atom is 0.0555 e. The van der Waals surface area contributed by atoms with E-state index in [2.05, 4.69) is 199 Å². The molecule has 0 spiro atoms. The van der Waals surface area contributed by atoms with Crippen molar-refractivity contribution in [2.24, 2.45) is 0 Å². The van der Waals surface area contributed by atoms with Crippen LogP contribution in [0.1, 0.15) is 17.9 Å². The topological polar surface area (TPSA) is 3.24 Å². The van der Waals surface area contributed by atoms with Gasteiger partial charge in [0.1, 0.15) is 0 Å². The van der Waals surface area contributed by atoms with Crippen molar-refractivity contribution >= 4 is 90.9 Å². The number of benzene rings is 8. The quantitative estimate of drug-likeness (QED) is 0.164. The average molecular weight is 738 g/mol. The third kappa shape index (κ3) is 5.42. The van der Waals surface area contributed by atoms with Crippen molar-refractivity contribution in [2.75, 3.05) is 4.90 Å². The molecule has 0 saturated carbocycles. The average Bonchev–Trinajstić information content (AvgIpc) is 3.83. The minimum atomic E-state index is 0.332. The number of thiophene rings is 2. The first-order chi connectivity index (χ1) is 27.3. The lowest BCUT2D eigenvalue weighted by Crippen LogP contribution is -2.10. The van der Waals surface area contributed by atoms with Gasteiger partial charge in [-0.3, -0.25) is 0 Å². The smallest absolute Gasteiger partial charge is 0.0555 e. The minimum Gasteiger partial charge on any atom is -0.310 e. The Bertz CT molecular complexity index is 3130. The monoisotopic (exact) mass is 737 g/mol. The summed E-state index contributed by atoms with van der Waals surface area (Å²) in [6.07, 6.45) is 10.0. The van der Waals surface area contributed by atoms with Crippen LogP contribution in [0.3, 0.4) is 0 Å². The summed E-state index contributed by atoms with van der Waals surface area (Å²) in [5, 5.41) is 7.82. The highest BCUT2D eigenvalue weighted by Crippen LogP contribution is 2.49. The van der Waals surface area contributed by atoms with E-state index in [1.54, 1.807) is 0 Å². The van der Waals surface area contributed by atoms with Crippen LogP contribution < -0.4 is 4.90 Å². The van der Waals surface area contributed by atoms with Gasteiger partial charge in [0.05, 0.1) is 5.69 Å². The van der Waals surface area contributed by atoms with E-state index in [9.17, 15) is 0 Å². The van der Waals surface area contributed by atoms with E-state index < -0.39 is 0 Å². The second-order valence-electron chi connectivity index (χ2n) is 14.4. The largest absolute Gasteiger partial charge is 0.310 e. The zero-order valence-corrected chi connectivity index (χ0v) is 31.7. The van der Waals surface area contributed by atoms with Crippen LogP contribution in [0.15, 0.2) is 194 Å². The molecule has 11 rings (SSSR count). The predicted molar refractivity (Wildman–Crippen MR) is 241 cm³/mol. The van der Waals surface area contributed by atoms with Crippen molar-refractivity contribution in [2.45, 2.75) is 12.3 Å². The highest BCUT2D eigenvalue weighted by Gasteiger charge is 2.23. The predicted octanol–water partition coefficient (Wildman–Crippen LogP) is 16.0. The van der Waals surface area contributed by atoms with Crippen molar-refractivity contribution in [1.29, 1.82) is 0 Å². The van der Waals surface area contributed by atoms with Crippen LogP contribution in [-0.4, -0.2) is 0 Å². The Labute approximate surface area is 328 Å². The Hall–Kier alpha value is -6.26. The zero-order chi connectivity index (χ0) is 36.3. The maximum absolute atomic E-state index is 2.49. The summed E-state index contributed by atoms with van der Waals surface area (Å²) in [6, 6.07) is 62.9. The van der Waals surface area contributed by atoms with E-state index in [4.69, 9.17) is 0 Å². The molecule has 0 N–H and O–H groups in total. The van der Waals surface area contributed by atoms with Gasteiger partial charge in [0, 0.05) is 57.6 Å². The second kappa shape index (κ2) is 13.2. The summed E-state index contributed by atoms with van der Waals surface area (Å²) < 4.78 is 5.22. The minimum absolute atomic E-state index is 0.332. The molecule has 0 radical (unpaired) electrons. The summed E-state index contributed by atoms with van der Waals surface area (Å²) in [4.78, 5) is 2.49. The number of anilines is 3. The van der Waals surface area contributed by atoms with Gasteiger partial charge in [-0.15, -0.1) is 22.7 Å². The fourth-order valence-electron chi connectivity index (χ4n) is 8.65. The Balaban J connectivity index is 1.13. The van der Waals surface area contributed by atoms with Gasteiger partial charge in [0.2, 0.25) is 0 Å². The lowest BCUT2D eigenvalue weighted by Gasteiger charge is -2.27. The zero-order valence-electron chi connectivity index (χ0n) is 30.0. The molecule has 10 aromatic rings. The molecule has 1 aliphatic carbocycles. The summed E-state index contributed by atoms with van der Waals surface area (Å²) in [6.45, 7) is 0. The first-order valence-corrected chi connectivity index (χ1v) is 20.6. The van der Waals surface area contributed by atoms with Crippen LogP contribution in [0.25, 0.3) is 73.4 Å². The van der Waals surface area contributed by atoms with Crippen molar-refractivity contribution in [3.05, 3.63) is 200 Å². The van der Waals surface area contributed by atoms with Gasteiger partial charge in [-0.1, -0.05) is 152 Å². The Kier molecular flexibility index (Phi) is 7.75. The number of hydrogen-bond acceptors (Lipinski definition) is 3. The lowest BCUT2D eigenvalue weighted by atomic mass is 9.83. The molecule has 55 heavy (non-hydrogen) atoms. The number of rotatable bonds is 6. The van der Waals surface area contributed by atoms with Crippen molar-refractivity contribution in [1.82, 2.24) is 0 Å². The molecule has 8 aromatic carbocycles.